The van der Waals surface area contributed by atoms with E-state index in [0.717, 1.165) is 11.1 Å². The molecule has 2 aromatic rings. The molecule has 6 heteroatoms. The molecule has 0 radical (unpaired) electrons. The van der Waals surface area contributed by atoms with Crippen LogP contribution in [0.2, 0.25) is 5.02 Å². The highest BCUT2D eigenvalue weighted by molar-refractivity contribution is 6.31. The van der Waals surface area contributed by atoms with E-state index < -0.39 is 4.92 Å². The first-order valence-electron chi connectivity index (χ1n) is 6.32. The maximum atomic E-state index is 10.7. The van der Waals surface area contributed by atoms with Crippen LogP contribution in [-0.4, -0.2) is 12.0 Å². The lowest BCUT2D eigenvalue weighted by Crippen LogP contribution is -2.02. The van der Waals surface area contributed by atoms with Gasteiger partial charge < -0.3 is 10.1 Å². The van der Waals surface area contributed by atoms with Crippen LogP contribution in [0, 0.1) is 17.0 Å². The summed E-state index contributed by atoms with van der Waals surface area (Å²) in [5, 5.41) is 14.6. The SMILES string of the molecule is COc1cc([N+](=O)[O-])ccc1NCc1ccc(C)c(Cl)c1. The van der Waals surface area contributed by atoms with Crippen molar-refractivity contribution in [2.75, 3.05) is 12.4 Å². The fraction of sp³-hybridized carbons (Fsp3) is 0.200. The molecule has 0 fully saturated rings. The molecule has 0 aromatic heterocycles. The minimum Gasteiger partial charge on any atom is -0.494 e. The Morgan fingerprint density at radius 3 is 2.67 bits per heavy atom. The fourth-order valence-electron chi connectivity index (χ4n) is 1.88. The highest BCUT2D eigenvalue weighted by atomic mass is 35.5. The smallest absolute Gasteiger partial charge is 0.273 e. The first-order valence-corrected chi connectivity index (χ1v) is 6.70. The van der Waals surface area contributed by atoms with Crippen LogP contribution in [0.15, 0.2) is 36.4 Å². The molecule has 0 amide bonds. The van der Waals surface area contributed by atoms with Gasteiger partial charge in [-0.05, 0) is 30.2 Å². The number of anilines is 1. The number of halogens is 1. The molecule has 0 unspecified atom stereocenters. The van der Waals surface area contributed by atoms with E-state index in [4.69, 9.17) is 16.3 Å². The summed E-state index contributed by atoms with van der Waals surface area (Å²) in [5.41, 5.74) is 2.73. The van der Waals surface area contributed by atoms with Crippen molar-refractivity contribution in [3.8, 4) is 5.75 Å². The number of nitrogens with one attached hydrogen (secondary N) is 1. The quantitative estimate of drug-likeness (QED) is 0.665. The number of nitro groups is 1. The van der Waals surface area contributed by atoms with Gasteiger partial charge in [0.05, 0.1) is 23.8 Å². The molecular weight excluding hydrogens is 292 g/mol. The number of nitro benzene ring substituents is 1. The first-order chi connectivity index (χ1) is 10.0. The summed E-state index contributed by atoms with van der Waals surface area (Å²) in [6.45, 7) is 2.49. The van der Waals surface area contributed by atoms with Crippen molar-refractivity contribution in [1.82, 2.24) is 0 Å². The van der Waals surface area contributed by atoms with Gasteiger partial charge in [0.15, 0.2) is 0 Å². The number of benzene rings is 2. The lowest BCUT2D eigenvalue weighted by molar-refractivity contribution is -0.384. The third-order valence-corrected chi connectivity index (χ3v) is 3.52. The Bertz CT molecular complexity index is 674. The van der Waals surface area contributed by atoms with Crippen LogP contribution in [0.5, 0.6) is 5.75 Å². The van der Waals surface area contributed by atoms with Crippen molar-refractivity contribution in [1.29, 1.82) is 0 Å². The number of non-ortho nitro benzene ring substituents is 1. The highest BCUT2D eigenvalue weighted by Gasteiger charge is 2.11. The van der Waals surface area contributed by atoms with E-state index in [9.17, 15) is 10.1 Å². The predicted molar refractivity (Wildman–Crippen MR) is 83.2 cm³/mol. The summed E-state index contributed by atoms with van der Waals surface area (Å²) < 4.78 is 5.17. The van der Waals surface area contributed by atoms with Gasteiger partial charge in [0.1, 0.15) is 5.75 Å². The van der Waals surface area contributed by atoms with Gasteiger partial charge in [0.2, 0.25) is 0 Å². The Balaban J connectivity index is 2.15. The lowest BCUT2D eigenvalue weighted by Gasteiger charge is -2.11. The average Bonchev–Trinajstić information content (AvgIpc) is 2.48. The molecule has 0 bridgehead atoms. The van der Waals surface area contributed by atoms with Gasteiger partial charge in [-0.25, -0.2) is 0 Å². The molecule has 0 aliphatic carbocycles. The molecule has 0 aliphatic heterocycles. The minimum atomic E-state index is -0.452. The van der Waals surface area contributed by atoms with Crippen molar-refractivity contribution in [3.05, 3.63) is 62.7 Å². The molecule has 0 saturated carbocycles. The van der Waals surface area contributed by atoms with Crippen LogP contribution in [0.3, 0.4) is 0 Å². The molecule has 5 nitrogen and oxygen atoms in total. The molecule has 2 rings (SSSR count). The number of methoxy groups -OCH3 is 1. The largest absolute Gasteiger partial charge is 0.494 e. The maximum absolute atomic E-state index is 10.7. The predicted octanol–water partition coefficient (Wildman–Crippen LogP) is 4.18. The van der Waals surface area contributed by atoms with E-state index >= 15 is 0 Å². The van der Waals surface area contributed by atoms with E-state index in [0.29, 0.717) is 23.0 Å². The van der Waals surface area contributed by atoms with E-state index in [1.54, 1.807) is 6.07 Å². The minimum absolute atomic E-state index is 0.00391. The van der Waals surface area contributed by atoms with Crippen LogP contribution in [0.1, 0.15) is 11.1 Å². The van der Waals surface area contributed by atoms with Crippen molar-refractivity contribution < 1.29 is 9.66 Å². The molecule has 0 spiro atoms. The summed E-state index contributed by atoms with van der Waals surface area (Å²) in [4.78, 5) is 10.3. The number of nitrogens with zero attached hydrogens (tertiary/aromatic N) is 1. The van der Waals surface area contributed by atoms with Gasteiger partial charge in [0.25, 0.3) is 5.69 Å². The summed E-state index contributed by atoms with van der Waals surface area (Å²) in [6, 6.07) is 10.3. The first kappa shape index (κ1) is 15.1. The zero-order valence-corrected chi connectivity index (χ0v) is 12.5. The van der Waals surface area contributed by atoms with Crippen LogP contribution < -0.4 is 10.1 Å². The average molecular weight is 307 g/mol. The second kappa shape index (κ2) is 6.45. The topological polar surface area (TPSA) is 64.4 Å². The summed E-state index contributed by atoms with van der Waals surface area (Å²) in [6.07, 6.45) is 0. The molecule has 0 saturated heterocycles. The van der Waals surface area contributed by atoms with Gasteiger partial charge in [-0.3, -0.25) is 10.1 Å². The second-order valence-corrected chi connectivity index (χ2v) is 4.99. The van der Waals surface area contributed by atoms with E-state index in [-0.39, 0.29) is 5.69 Å². The number of rotatable bonds is 5. The normalized spacial score (nSPS) is 10.2. The Kier molecular flexibility index (Phi) is 4.65. The standard InChI is InChI=1S/C15H15ClN2O3/c1-10-3-4-11(7-13(10)16)9-17-14-6-5-12(18(19)20)8-15(14)21-2/h3-8,17H,9H2,1-2H3. The summed E-state index contributed by atoms with van der Waals surface area (Å²) >= 11 is 6.08. The Labute approximate surface area is 127 Å². The van der Waals surface area contributed by atoms with Crippen molar-refractivity contribution in [2.45, 2.75) is 13.5 Å². The molecule has 2 aromatic carbocycles. The van der Waals surface area contributed by atoms with Crippen molar-refractivity contribution in [3.63, 3.8) is 0 Å². The molecule has 0 heterocycles. The van der Waals surface area contributed by atoms with Gasteiger partial charge in [-0.15, -0.1) is 0 Å². The second-order valence-electron chi connectivity index (χ2n) is 4.58. The van der Waals surface area contributed by atoms with Crippen molar-refractivity contribution in [2.24, 2.45) is 0 Å². The third kappa shape index (κ3) is 3.64. The molecule has 1 N–H and O–H groups in total. The highest BCUT2D eigenvalue weighted by Crippen LogP contribution is 2.29. The zero-order valence-electron chi connectivity index (χ0n) is 11.7. The van der Waals surface area contributed by atoms with Gasteiger partial charge in [-0.2, -0.15) is 0 Å². The zero-order chi connectivity index (χ0) is 15.4. The Morgan fingerprint density at radius 2 is 2.05 bits per heavy atom. The monoisotopic (exact) mass is 306 g/mol. The molecule has 21 heavy (non-hydrogen) atoms. The van der Waals surface area contributed by atoms with Crippen LogP contribution in [0.25, 0.3) is 0 Å². The maximum Gasteiger partial charge on any atom is 0.273 e. The van der Waals surface area contributed by atoms with Crippen LogP contribution in [-0.2, 0) is 6.54 Å². The molecular formula is C15H15ClN2O3. The summed E-state index contributed by atoms with van der Waals surface area (Å²) in [7, 11) is 1.48. The fourth-order valence-corrected chi connectivity index (χ4v) is 2.09. The number of ether oxygens (including phenoxy) is 1. The molecule has 0 aliphatic rings. The number of hydrogen-bond donors (Lipinski definition) is 1. The Morgan fingerprint density at radius 1 is 1.29 bits per heavy atom. The van der Waals surface area contributed by atoms with E-state index in [1.165, 1.54) is 19.2 Å². The van der Waals surface area contributed by atoms with Crippen LogP contribution >= 0.6 is 11.6 Å². The van der Waals surface area contributed by atoms with Crippen LogP contribution in [0.4, 0.5) is 11.4 Å². The Hall–Kier alpha value is -2.27. The third-order valence-electron chi connectivity index (χ3n) is 3.12. The van der Waals surface area contributed by atoms with E-state index in [2.05, 4.69) is 5.32 Å². The molecule has 0 atom stereocenters. The number of aryl methyl sites for hydroxylation is 1. The van der Waals surface area contributed by atoms with Gasteiger partial charge >= 0.3 is 0 Å². The van der Waals surface area contributed by atoms with Gasteiger partial charge in [0, 0.05) is 17.6 Å². The summed E-state index contributed by atoms with van der Waals surface area (Å²) in [5.74, 6) is 0.433. The molecule has 110 valence electrons. The lowest BCUT2D eigenvalue weighted by atomic mass is 10.1. The van der Waals surface area contributed by atoms with Crippen molar-refractivity contribution >= 4 is 23.0 Å². The van der Waals surface area contributed by atoms with E-state index in [1.807, 2.05) is 25.1 Å². The van der Waals surface area contributed by atoms with Gasteiger partial charge in [-0.1, -0.05) is 23.7 Å². The number of hydrogen-bond acceptors (Lipinski definition) is 4.